The predicted octanol–water partition coefficient (Wildman–Crippen LogP) is 3.69. The lowest BCUT2D eigenvalue weighted by molar-refractivity contribution is 0.0781. The number of hydrogen-bond donors (Lipinski definition) is 1. The molecule has 0 aromatic rings. The fourth-order valence-corrected chi connectivity index (χ4v) is 3.84. The van der Waals surface area contributed by atoms with Crippen molar-refractivity contribution in [1.82, 2.24) is 4.90 Å². The van der Waals surface area contributed by atoms with Crippen LogP contribution in [0.25, 0.3) is 0 Å². The van der Waals surface area contributed by atoms with Crippen molar-refractivity contribution in [1.29, 1.82) is 0 Å². The van der Waals surface area contributed by atoms with Crippen molar-refractivity contribution >= 4 is 0 Å². The summed E-state index contributed by atoms with van der Waals surface area (Å²) in [6.45, 7) is 3.40. The summed E-state index contributed by atoms with van der Waals surface area (Å²) in [4.78, 5) is 2.86. The van der Waals surface area contributed by atoms with Gasteiger partial charge in [-0.15, -0.1) is 0 Å². The van der Waals surface area contributed by atoms with Gasteiger partial charge >= 0.3 is 0 Å². The Kier molecular flexibility index (Phi) is 5.97. The van der Waals surface area contributed by atoms with Gasteiger partial charge in [-0.05, 0) is 39.0 Å². The van der Waals surface area contributed by atoms with Crippen LogP contribution in [0.2, 0.25) is 0 Å². The van der Waals surface area contributed by atoms with Crippen LogP contribution in [0.4, 0.5) is 0 Å². The van der Waals surface area contributed by atoms with E-state index in [-0.39, 0.29) is 0 Å². The van der Waals surface area contributed by atoms with E-state index in [1.807, 2.05) is 0 Å². The average Bonchev–Trinajstić information content (AvgIpc) is 2.41. The van der Waals surface area contributed by atoms with Crippen LogP contribution in [0.5, 0.6) is 0 Å². The van der Waals surface area contributed by atoms with Crippen LogP contribution >= 0.6 is 0 Å². The SMILES string of the molecule is C[C@H](N)CCN(C1CCCCC1)C1CCCCC1. The Morgan fingerprint density at radius 1 is 0.889 bits per heavy atom. The van der Waals surface area contributed by atoms with E-state index in [0.717, 1.165) is 12.1 Å². The van der Waals surface area contributed by atoms with Crippen molar-refractivity contribution in [2.45, 2.75) is 95.7 Å². The first-order valence-corrected chi connectivity index (χ1v) is 8.28. The molecular weight excluding hydrogens is 220 g/mol. The molecular formula is C16H32N2. The topological polar surface area (TPSA) is 29.3 Å². The quantitative estimate of drug-likeness (QED) is 0.808. The molecule has 106 valence electrons. The first kappa shape index (κ1) is 14.3. The van der Waals surface area contributed by atoms with E-state index < -0.39 is 0 Å². The van der Waals surface area contributed by atoms with Crippen molar-refractivity contribution < 1.29 is 0 Å². The predicted molar refractivity (Wildman–Crippen MR) is 78.7 cm³/mol. The van der Waals surface area contributed by atoms with E-state index in [1.165, 1.54) is 77.2 Å². The molecule has 2 nitrogen and oxygen atoms in total. The Hall–Kier alpha value is -0.0800. The molecule has 0 amide bonds. The highest BCUT2D eigenvalue weighted by Gasteiger charge is 2.28. The van der Waals surface area contributed by atoms with Gasteiger partial charge in [0.1, 0.15) is 0 Å². The molecule has 0 bridgehead atoms. The summed E-state index contributed by atoms with van der Waals surface area (Å²) >= 11 is 0. The summed E-state index contributed by atoms with van der Waals surface area (Å²) in [5.41, 5.74) is 5.97. The Morgan fingerprint density at radius 3 is 1.72 bits per heavy atom. The van der Waals surface area contributed by atoms with Crippen LogP contribution in [-0.4, -0.2) is 29.6 Å². The largest absolute Gasteiger partial charge is 0.328 e. The lowest BCUT2D eigenvalue weighted by Crippen LogP contribution is -2.46. The molecule has 2 fully saturated rings. The van der Waals surface area contributed by atoms with Crippen LogP contribution in [0, 0.1) is 0 Å². The van der Waals surface area contributed by atoms with Crippen LogP contribution < -0.4 is 5.73 Å². The molecule has 2 heteroatoms. The molecule has 0 heterocycles. The second-order valence-electron chi connectivity index (χ2n) is 6.59. The monoisotopic (exact) mass is 252 g/mol. The van der Waals surface area contributed by atoms with Gasteiger partial charge in [0.2, 0.25) is 0 Å². The first-order chi connectivity index (χ1) is 8.77. The lowest BCUT2D eigenvalue weighted by Gasteiger charge is -2.42. The number of rotatable bonds is 5. The molecule has 0 aromatic heterocycles. The molecule has 1 atom stereocenters. The smallest absolute Gasteiger partial charge is 0.00982 e. The zero-order valence-corrected chi connectivity index (χ0v) is 12.2. The molecule has 18 heavy (non-hydrogen) atoms. The Morgan fingerprint density at radius 2 is 1.33 bits per heavy atom. The molecule has 0 unspecified atom stereocenters. The molecule has 0 aromatic carbocycles. The van der Waals surface area contributed by atoms with Gasteiger partial charge < -0.3 is 5.73 Å². The normalized spacial score (nSPS) is 25.5. The second kappa shape index (κ2) is 7.49. The number of nitrogens with two attached hydrogens (primary N) is 1. The van der Waals surface area contributed by atoms with Crippen molar-refractivity contribution in [3.63, 3.8) is 0 Å². The fourth-order valence-electron chi connectivity index (χ4n) is 3.84. The summed E-state index contributed by atoms with van der Waals surface area (Å²) in [7, 11) is 0. The summed E-state index contributed by atoms with van der Waals surface area (Å²) in [6.07, 6.45) is 15.7. The van der Waals surface area contributed by atoms with E-state index in [2.05, 4.69) is 11.8 Å². The molecule has 2 aliphatic carbocycles. The van der Waals surface area contributed by atoms with E-state index in [4.69, 9.17) is 5.73 Å². The summed E-state index contributed by atoms with van der Waals surface area (Å²) in [5, 5.41) is 0. The highest BCUT2D eigenvalue weighted by atomic mass is 15.2. The number of nitrogens with zero attached hydrogens (tertiary/aromatic N) is 1. The molecule has 2 saturated carbocycles. The third kappa shape index (κ3) is 4.24. The third-order valence-corrected chi connectivity index (χ3v) is 4.93. The molecule has 0 spiro atoms. The zero-order chi connectivity index (χ0) is 12.8. The van der Waals surface area contributed by atoms with E-state index in [1.54, 1.807) is 0 Å². The van der Waals surface area contributed by atoms with Gasteiger partial charge in [0.05, 0.1) is 0 Å². The minimum Gasteiger partial charge on any atom is -0.328 e. The van der Waals surface area contributed by atoms with Gasteiger partial charge in [-0.3, -0.25) is 4.90 Å². The van der Waals surface area contributed by atoms with Gasteiger partial charge in [-0.25, -0.2) is 0 Å². The van der Waals surface area contributed by atoms with Crippen molar-refractivity contribution in [3.8, 4) is 0 Å². The fraction of sp³-hybridized carbons (Fsp3) is 1.00. The van der Waals surface area contributed by atoms with Gasteiger partial charge in [-0.2, -0.15) is 0 Å². The van der Waals surface area contributed by atoms with Crippen LogP contribution in [0.1, 0.15) is 77.6 Å². The molecule has 2 aliphatic rings. The van der Waals surface area contributed by atoms with Gasteiger partial charge in [0.25, 0.3) is 0 Å². The van der Waals surface area contributed by atoms with Gasteiger partial charge in [0.15, 0.2) is 0 Å². The van der Waals surface area contributed by atoms with Crippen LogP contribution in [0.15, 0.2) is 0 Å². The molecule has 0 saturated heterocycles. The van der Waals surface area contributed by atoms with Crippen molar-refractivity contribution in [2.24, 2.45) is 5.73 Å². The Labute approximate surface area is 113 Å². The van der Waals surface area contributed by atoms with Crippen molar-refractivity contribution in [3.05, 3.63) is 0 Å². The standard InChI is InChI=1S/C16H32N2/c1-14(17)12-13-18(15-8-4-2-5-9-15)16-10-6-3-7-11-16/h14-16H,2-13,17H2,1H3/t14-/m0/s1. The highest BCUT2D eigenvalue weighted by molar-refractivity contribution is 4.84. The molecule has 0 aliphatic heterocycles. The molecule has 0 radical (unpaired) electrons. The van der Waals surface area contributed by atoms with E-state index in [0.29, 0.717) is 6.04 Å². The summed E-state index contributed by atoms with van der Waals surface area (Å²) < 4.78 is 0. The minimum atomic E-state index is 0.361. The Balaban J connectivity index is 1.91. The minimum absolute atomic E-state index is 0.361. The maximum atomic E-state index is 5.97. The first-order valence-electron chi connectivity index (χ1n) is 8.28. The van der Waals surface area contributed by atoms with E-state index >= 15 is 0 Å². The molecule has 2 rings (SSSR count). The molecule has 2 N–H and O–H groups in total. The summed E-state index contributed by atoms with van der Waals surface area (Å²) in [6, 6.07) is 2.11. The van der Waals surface area contributed by atoms with Gasteiger partial charge in [-0.1, -0.05) is 38.5 Å². The maximum absolute atomic E-state index is 5.97. The van der Waals surface area contributed by atoms with Crippen LogP contribution in [-0.2, 0) is 0 Å². The lowest BCUT2D eigenvalue weighted by atomic mass is 9.88. The van der Waals surface area contributed by atoms with Crippen molar-refractivity contribution in [2.75, 3.05) is 6.54 Å². The second-order valence-corrected chi connectivity index (χ2v) is 6.59. The maximum Gasteiger partial charge on any atom is 0.00982 e. The summed E-state index contributed by atoms with van der Waals surface area (Å²) in [5.74, 6) is 0. The van der Waals surface area contributed by atoms with Gasteiger partial charge in [0, 0.05) is 24.7 Å². The Bertz CT molecular complexity index is 197. The number of hydrogen-bond acceptors (Lipinski definition) is 2. The highest BCUT2D eigenvalue weighted by Crippen LogP contribution is 2.30. The third-order valence-electron chi connectivity index (χ3n) is 4.93. The zero-order valence-electron chi connectivity index (χ0n) is 12.2. The van der Waals surface area contributed by atoms with E-state index in [9.17, 15) is 0 Å². The average molecular weight is 252 g/mol. The van der Waals surface area contributed by atoms with Crippen LogP contribution in [0.3, 0.4) is 0 Å².